The maximum Gasteiger partial charge on any atom is 0.338 e. The molecule has 1 aromatic heterocycles. The number of hydrogen-bond donors (Lipinski definition) is 1. The topological polar surface area (TPSA) is 90.3 Å². The van der Waals surface area contributed by atoms with Gasteiger partial charge in [0.25, 0.3) is 11.5 Å². The lowest BCUT2D eigenvalue weighted by Crippen LogP contribution is -2.25. The second-order valence-corrected chi connectivity index (χ2v) is 8.18. The number of aryl methyl sites for hydroxylation is 1. The molecule has 31 heavy (non-hydrogen) atoms. The zero-order valence-corrected chi connectivity index (χ0v) is 18.0. The van der Waals surface area contributed by atoms with Gasteiger partial charge in [-0.2, -0.15) is 0 Å². The number of halogens is 2. The molecule has 4 rings (SSSR count). The monoisotopic (exact) mass is 459 g/mol. The first-order valence-electron chi connectivity index (χ1n) is 9.87. The first kappa shape index (κ1) is 21.3. The second-order valence-electron chi connectivity index (χ2n) is 7.31. The normalized spacial score (nSPS) is 13.4. The van der Waals surface area contributed by atoms with E-state index in [1.54, 1.807) is 10.6 Å². The molecular weight excluding hydrogens is 441 g/mol. The van der Waals surface area contributed by atoms with Crippen molar-refractivity contribution < 1.29 is 14.3 Å². The Labute approximate surface area is 187 Å². The van der Waals surface area contributed by atoms with Gasteiger partial charge in [-0.3, -0.25) is 14.2 Å². The molecule has 0 atom stereocenters. The molecule has 2 heterocycles. The van der Waals surface area contributed by atoms with E-state index >= 15 is 0 Å². The van der Waals surface area contributed by atoms with E-state index in [0.717, 1.165) is 31.5 Å². The number of anilines is 1. The van der Waals surface area contributed by atoms with Crippen LogP contribution in [0, 0.1) is 0 Å². The fourth-order valence-electron chi connectivity index (χ4n) is 3.58. The van der Waals surface area contributed by atoms with Gasteiger partial charge >= 0.3 is 5.97 Å². The molecule has 1 aliphatic heterocycles. The molecule has 0 unspecified atom stereocenters. The van der Waals surface area contributed by atoms with Gasteiger partial charge in [0.2, 0.25) is 0 Å². The minimum absolute atomic E-state index is 0.0959. The molecule has 1 aliphatic rings. The zero-order valence-electron chi connectivity index (χ0n) is 16.5. The number of nitrogens with one attached hydrogen (secondary N) is 1. The Balaban J connectivity index is 1.47. The molecule has 2 aromatic carbocycles. The van der Waals surface area contributed by atoms with Crippen LogP contribution in [0.2, 0.25) is 10.0 Å². The number of hydrogen-bond acceptors (Lipinski definition) is 5. The summed E-state index contributed by atoms with van der Waals surface area (Å²) in [6, 6.07) is 9.21. The van der Waals surface area contributed by atoms with E-state index in [1.165, 1.54) is 30.3 Å². The van der Waals surface area contributed by atoms with Gasteiger partial charge in [-0.15, -0.1) is 0 Å². The average Bonchev–Trinajstić information content (AvgIpc) is 2.96. The molecule has 0 fully saturated rings. The van der Waals surface area contributed by atoms with Crippen LogP contribution in [0.25, 0.3) is 10.9 Å². The highest BCUT2D eigenvalue weighted by Crippen LogP contribution is 2.22. The maximum atomic E-state index is 12.8. The summed E-state index contributed by atoms with van der Waals surface area (Å²) in [7, 11) is 0. The Morgan fingerprint density at radius 1 is 1.06 bits per heavy atom. The summed E-state index contributed by atoms with van der Waals surface area (Å²) in [5.74, 6) is -0.479. The molecular formula is C22H19Cl2N3O4. The van der Waals surface area contributed by atoms with Gasteiger partial charge in [0, 0.05) is 28.7 Å². The van der Waals surface area contributed by atoms with Crippen LogP contribution in [-0.2, 0) is 22.5 Å². The third-order valence-corrected chi connectivity index (χ3v) is 5.47. The van der Waals surface area contributed by atoms with E-state index in [2.05, 4.69) is 10.3 Å². The third kappa shape index (κ3) is 4.89. The number of carbonyl (C=O) groups is 2. The summed E-state index contributed by atoms with van der Waals surface area (Å²) in [4.78, 5) is 41.9. The Kier molecular flexibility index (Phi) is 6.25. The lowest BCUT2D eigenvalue weighted by atomic mass is 10.1. The quantitative estimate of drug-likeness (QED) is 0.589. The fraction of sp³-hybridized carbons (Fsp3) is 0.273. The van der Waals surface area contributed by atoms with Gasteiger partial charge < -0.3 is 10.1 Å². The first-order valence-corrected chi connectivity index (χ1v) is 10.6. The van der Waals surface area contributed by atoms with Crippen LogP contribution < -0.4 is 10.9 Å². The lowest BCUT2D eigenvalue weighted by Gasteiger charge is -2.11. The summed E-state index contributed by atoms with van der Waals surface area (Å²) >= 11 is 11.8. The molecule has 160 valence electrons. The molecule has 0 radical (unpaired) electrons. The molecule has 1 amide bonds. The van der Waals surface area contributed by atoms with Crippen molar-refractivity contribution in [2.24, 2.45) is 0 Å². The Morgan fingerprint density at radius 3 is 2.61 bits per heavy atom. The zero-order chi connectivity index (χ0) is 22.0. The average molecular weight is 460 g/mol. The molecule has 0 saturated heterocycles. The van der Waals surface area contributed by atoms with Crippen molar-refractivity contribution >= 4 is 51.7 Å². The van der Waals surface area contributed by atoms with Crippen molar-refractivity contribution in [1.29, 1.82) is 0 Å². The van der Waals surface area contributed by atoms with E-state index in [0.29, 0.717) is 33.2 Å². The maximum absolute atomic E-state index is 12.8. The molecule has 0 aliphatic carbocycles. The van der Waals surface area contributed by atoms with Crippen LogP contribution in [0.4, 0.5) is 5.69 Å². The number of amides is 1. The summed E-state index contributed by atoms with van der Waals surface area (Å²) in [5.41, 5.74) is 0.971. The van der Waals surface area contributed by atoms with E-state index in [1.807, 2.05) is 0 Å². The molecule has 1 N–H and O–H groups in total. The third-order valence-electron chi connectivity index (χ3n) is 5.03. The van der Waals surface area contributed by atoms with E-state index in [-0.39, 0.29) is 11.1 Å². The van der Waals surface area contributed by atoms with Gasteiger partial charge in [-0.25, -0.2) is 9.78 Å². The number of nitrogens with zero attached hydrogens (tertiary/aromatic N) is 2. The number of rotatable bonds is 4. The predicted molar refractivity (Wildman–Crippen MR) is 119 cm³/mol. The van der Waals surface area contributed by atoms with Gasteiger partial charge in [0.1, 0.15) is 5.82 Å². The van der Waals surface area contributed by atoms with Crippen LogP contribution >= 0.6 is 23.2 Å². The molecule has 3 aromatic rings. The molecule has 0 bridgehead atoms. The fourth-order valence-corrected chi connectivity index (χ4v) is 4.11. The number of aromatic nitrogens is 2. The van der Waals surface area contributed by atoms with E-state index in [9.17, 15) is 14.4 Å². The van der Waals surface area contributed by atoms with Crippen molar-refractivity contribution in [3.63, 3.8) is 0 Å². The highest BCUT2D eigenvalue weighted by Gasteiger charge is 2.16. The van der Waals surface area contributed by atoms with Crippen molar-refractivity contribution in [1.82, 2.24) is 9.55 Å². The summed E-state index contributed by atoms with van der Waals surface area (Å²) in [5, 5.41) is 3.77. The van der Waals surface area contributed by atoms with E-state index in [4.69, 9.17) is 27.9 Å². The first-order chi connectivity index (χ1) is 14.9. The van der Waals surface area contributed by atoms with Crippen molar-refractivity contribution in [3.05, 3.63) is 68.2 Å². The predicted octanol–water partition coefficient (Wildman–Crippen LogP) is 4.23. The smallest absolute Gasteiger partial charge is 0.338 e. The molecule has 7 nitrogen and oxygen atoms in total. The Hall–Kier alpha value is -2.90. The standard InChI is InChI=1S/C22H19Cl2N3O4/c23-14-9-15(24)11-16(10-14)25-20(28)12-31-22(30)13-5-6-17-18(8-13)26-19-4-2-1-3-7-27(19)21(17)29/h5-6,8-11H,1-4,7,12H2,(H,25,28). The largest absolute Gasteiger partial charge is 0.452 e. The van der Waals surface area contributed by atoms with Gasteiger partial charge in [-0.05, 0) is 49.2 Å². The van der Waals surface area contributed by atoms with E-state index < -0.39 is 18.5 Å². The molecule has 9 heteroatoms. The Bertz CT molecular complexity index is 1220. The van der Waals surface area contributed by atoms with Crippen LogP contribution in [-0.4, -0.2) is 28.0 Å². The van der Waals surface area contributed by atoms with Crippen molar-refractivity contribution in [3.8, 4) is 0 Å². The lowest BCUT2D eigenvalue weighted by molar-refractivity contribution is -0.119. The number of carbonyl (C=O) groups excluding carboxylic acids is 2. The SMILES string of the molecule is O=C(COC(=O)c1ccc2c(=O)n3c(nc2c1)CCCCC3)Nc1cc(Cl)cc(Cl)c1. The minimum atomic E-state index is -0.682. The summed E-state index contributed by atoms with van der Waals surface area (Å²) < 4.78 is 6.83. The second kappa shape index (κ2) is 9.08. The number of benzene rings is 2. The van der Waals surface area contributed by atoms with Gasteiger partial charge in [0.15, 0.2) is 6.61 Å². The highest BCUT2D eigenvalue weighted by atomic mass is 35.5. The van der Waals surface area contributed by atoms with Crippen LogP contribution in [0.15, 0.2) is 41.2 Å². The Morgan fingerprint density at radius 2 is 1.84 bits per heavy atom. The van der Waals surface area contributed by atoms with Crippen LogP contribution in [0.3, 0.4) is 0 Å². The molecule has 0 saturated carbocycles. The number of ether oxygens (including phenoxy) is 1. The van der Waals surface area contributed by atoms with Crippen molar-refractivity contribution in [2.75, 3.05) is 11.9 Å². The minimum Gasteiger partial charge on any atom is -0.452 e. The van der Waals surface area contributed by atoms with Crippen LogP contribution in [0.5, 0.6) is 0 Å². The number of esters is 1. The van der Waals surface area contributed by atoms with Crippen LogP contribution in [0.1, 0.15) is 35.4 Å². The van der Waals surface area contributed by atoms with Gasteiger partial charge in [-0.1, -0.05) is 29.6 Å². The summed E-state index contributed by atoms with van der Waals surface area (Å²) in [6.45, 7) is 0.176. The summed E-state index contributed by atoms with van der Waals surface area (Å²) in [6.07, 6.45) is 3.72. The van der Waals surface area contributed by atoms with Gasteiger partial charge in [0.05, 0.1) is 16.5 Å². The van der Waals surface area contributed by atoms with Crippen molar-refractivity contribution in [2.45, 2.75) is 32.2 Å². The number of fused-ring (bicyclic) bond motifs is 2. The highest BCUT2D eigenvalue weighted by molar-refractivity contribution is 6.35. The molecule has 0 spiro atoms.